The van der Waals surface area contributed by atoms with Crippen LogP contribution in [0.5, 0.6) is 0 Å². The molecule has 19 heavy (non-hydrogen) atoms. The van der Waals surface area contributed by atoms with Crippen LogP contribution in [0, 0.1) is 11.7 Å². The lowest BCUT2D eigenvalue weighted by atomic mass is 9.96. The first kappa shape index (κ1) is 14.3. The van der Waals surface area contributed by atoms with Gasteiger partial charge in [-0.15, -0.1) is 0 Å². The highest BCUT2D eigenvalue weighted by Crippen LogP contribution is 2.31. The Labute approximate surface area is 114 Å². The molecule has 1 atom stereocenters. The average molecular weight is 267 g/mol. The van der Waals surface area contributed by atoms with E-state index in [0.29, 0.717) is 11.5 Å². The molecule has 1 aliphatic rings. The summed E-state index contributed by atoms with van der Waals surface area (Å²) in [4.78, 5) is 2.16. The summed E-state index contributed by atoms with van der Waals surface area (Å²) < 4.78 is 19.0. The quantitative estimate of drug-likeness (QED) is 0.910. The minimum absolute atomic E-state index is 0.327. The van der Waals surface area contributed by atoms with E-state index in [1.807, 2.05) is 6.07 Å². The number of ether oxygens (including phenoxy) is 1. The minimum Gasteiger partial charge on any atom is -0.389 e. The molecule has 1 N–H and O–H groups in total. The molecule has 1 aromatic rings. The molecule has 0 aliphatic carbocycles. The third-order valence-electron chi connectivity index (χ3n) is 3.81. The Kier molecular flexibility index (Phi) is 4.77. The summed E-state index contributed by atoms with van der Waals surface area (Å²) in [7, 11) is 1.73. The summed E-state index contributed by atoms with van der Waals surface area (Å²) in [5.41, 5.74) is 1.23. The zero-order valence-electron chi connectivity index (χ0n) is 11.6. The summed E-state index contributed by atoms with van der Waals surface area (Å²) in [6.45, 7) is 4.17. The first-order valence-electron chi connectivity index (χ1n) is 6.83. The first-order chi connectivity index (χ1) is 9.13. The Balaban J connectivity index is 2.13. The van der Waals surface area contributed by atoms with Crippen molar-refractivity contribution in [3.8, 4) is 0 Å². The maximum atomic E-state index is 13.8. The van der Waals surface area contributed by atoms with Crippen molar-refractivity contribution in [1.29, 1.82) is 0 Å². The van der Waals surface area contributed by atoms with Gasteiger partial charge < -0.3 is 14.7 Å². The standard InChI is InChI=1S/C15H22FNO2/c1-11(18)15-13(16)4-3-5-14(15)17-8-6-12(7-9-17)10-19-2/h3-5,11-12,18H,6-10H2,1-2H3/t11-/m1/s1. The fraction of sp³-hybridized carbons (Fsp3) is 0.600. The fourth-order valence-electron chi connectivity index (χ4n) is 2.79. The lowest BCUT2D eigenvalue weighted by molar-refractivity contribution is 0.139. The molecule has 0 bridgehead atoms. The summed E-state index contributed by atoms with van der Waals surface area (Å²) >= 11 is 0. The van der Waals surface area contributed by atoms with E-state index in [1.165, 1.54) is 6.07 Å². The first-order valence-corrected chi connectivity index (χ1v) is 6.83. The van der Waals surface area contributed by atoms with E-state index >= 15 is 0 Å². The van der Waals surface area contributed by atoms with Crippen molar-refractivity contribution in [3.05, 3.63) is 29.6 Å². The van der Waals surface area contributed by atoms with Crippen LogP contribution in [0.15, 0.2) is 18.2 Å². The Hall–Kier alpha value is -1.13. The van der Waals surface area contributed by atoms with Crippen molar-refractivity contribution in [2.45, 2.75) is 25.9 Å². The normalized spacial score (nSPS) is 18.6. The molecule has 1 fully saturated rings. The third-order valence-corrected chi connectivity index (χ3v) is 3.81. The topological polar surface area (TPSA) is 32.7 Å². The summed E-state index contributed by atoms with van der Waals surface area (Å²) in [6.07, 6.45) is 1.31. The van der Waals surface area contributed by atoms with Crippen molar-refractivity contribution in [2.75, 3.05) is 31.7 Å². The molecule has 0 saturated carbocycles. The molecule has 0 spiro atoms. The number of aliphatic hydroxyl groups excluding tert-OH is 1. The maximum absolute atomic E-state index is 13.8. The fourth-order valence-corrected chi connectivity index (χ4v) is 2.79. The van der Waals surface area contributed by atoms with Crippen LogP contribution in [-0.4, -0.2) is 31.9 Å². The molecule has 0 radical (unpaired) electrons. The molecule has 0 amide bonds. The van der Waals surface area contributed by atoms with Crippen LogP contribution in [-0.2, 0) is 4.74 Å². The number of aliphatic hydroxyl groups is 1. The number of nitrogens with zero attached hydrogens (tertiary/aromatic N) is 1. The number of halogens is 1. The van der Waals surface area contributed by atoms with Crippen LogP contribution in [0.3, 0.4) is 0 Å². The predicted molar refractivity (Wildman–Crippen MR) is 73.8 cm³/mol. The summed E-state index contributed by atoms with van der Waals surface area (Å²) in [5.74, 6) is 0.260. The van der Waals surface area contributed by atoms with Crippen LogP contribution < -0.4 is 4.90 Å². The zero-order chi connectivity index (χ0) is 13.8. The van der Waals surface area contributed by atoms with E-state index in [9.17, 15) is 9.50 Å². The van der Waals surface area contributed by atoms with Gasteiger partial charge in [-0.3, -0.25) is 0 Å². The number of benzene rings is 1. The van der Waals surface area contributed by atoms with Gasteiger partial charge in [-0.1, -0.05) is 6.07 Å². The predicted octanol–water partition coefficient (Wildman–Crippen LogP) is 2.74. The Bertz CT molecular complexity index is 415. The summed E-state index contributed by atoms with van der Waals surface area (Å²) in [6, 6.07) is 5.00. The van der Waals surface area contributed by atoms with E-state index in [0.717, 1.165) is 38.2 Å². The zero-order valence-corrected chi connectivity index (χ0v) is 11.6. The SMILES string of the molecule is COCC1CCN(c2cccc(F)c2[C@@H](C)O)CC1. The molecule has 1 aliphatic heterocycles. The van der Waals surface area contributed by atoms with Crippen molar-refractivity contribution in [1.82, 2.24) is 0 Å². The van der Waals surface area contributed by atoms with Gasteiger partial charge >= 0.3 is 0 Å². The van der Waals surface area contributed by atoms with Crippen LogP contribution >= 0.6 is 0 Å². The molecule has 1 saturated heterocycles. The Morgan fingerprint density at radius 2 is 2.11 bits per heavy atom. The number of hydrogen-bond acceptors (Lipinski definition) is 3. The molecule has 0 unspecified atom stereocenters. The van der Waals surface area contributed by atoms with E-state index in [4.69, 9.17) is 4.74 Å². The molecule has 1 aromatic carbocycles. The third kappa shape index (κ3) is 3.25. The van der Waals surface area contributed by atoms with Gasteiger partial charge in [-0.05, 0) is 37.8 Å². The van der Waals surface area contributed by atoms with Crippen LogP contribution in [0.4, 0.5) is 10.1 Å². The van der Waals surface area contributed by atoms with Gasteiger partial charge in [0.15, 0.2) is 0 Å². The molecule has 1 heterocycles. The lowest BCUT2D eigenvalue weighted by Crippen LogP contribution is -2.35. The van der Waals surface area contributed by atoms with E-state index in [1.54, 1.807) is 20.1 Å². The highest BCUT2D eigenvalue weighted by Gasteiger charge is 2.23. The molecule has 0 aromatic heterocycles. The van der Waals surface area contributed by atoms with Gasteiger partial charge in [0.2, 0.25) is 0 Å². The Morgan fingerprint density at radius 1 is 1.42 bits per heavy atom. The van der Waals surface area contributed by atoms with Crippen molar-refractivity contribution in [2.24, 2.45) is 5.92 Å². The van der Waals surface area contributed by atoms with E-state index < -0.39 is 6.10 Å². The average Bonchev–Trinajstić information content (AvgIpc) is 2.39. The minimum atomic E-state index is -0.784. The van der Waals surface area contributed by atoms with Crippen molar-refractivity contribution >= 4 is 5.69 Å². The van der Waals surface area contributed by atoms with Crippen LogP contribution in [0.2, 0.25) is 0 Å². The van der Waals surface area contributed by atoms with Crippen LogP contribution in [0.25, 0.3) is 0 Å². The molecule has 2 rings (SSSR count). The molecular formula is C15H22FNO2. The van der Waals surface area contributed by atoms with Gasteiger partial charge in [0.05, 0.1) is 6.10 Å². The second-order valence-electron chi connectivity index (χ2n) is 5.23. The van der Waals surface area contributed by atoms with Gasteiger partial charge in [-0.2, -0.15) is 0 Å². The van der Waals surface area contributed by atoms with Crippen molar-refractivity contribution < 1.29 is 14.2 Å². The highest BCUT2D eigenvalue weighted by molar-refractivity contribution is 5.55. The highest BCUT2D eigenvalue weighted by atomic mass is 19.1. The number of methoxy groups -OCH3 is 1. The Morgan fingerprint density at radius 3 is 2.68 bits per heavy atom. The number of hydrogen-bond donors (Lipinski definition) is 1. The van der Waals surface area contributed by atoms with E-state index in [-0.39, 0.29) is 5.82 Å². The van der Waals surface area contributed by atoms with Crippen molar-refractivity contribution in [3.63, 3.8) is 0 Å². The number of rotatable bonds is 4. The van der Waals surface area contributed by atoms with Gasteiger partial charge in [-0.25, -0.2) is 4.39 Å². The maximum Gasteiger partial charge on any atom is 0.131 e. The molecule has 106 valence electrons. The number of piperidine rings is 1. The lowest BCUT2D eigenvalue weighted by Gasteiger charge is -2.35. The van der Waals surface area contributed by atoms with E-state index in [2.05, 4.69) is 4.90 Å². The van der Waals surface area contributed by atoms with Gasteiger partial charge in [0.25, 0.3) is 0 Å². The molecular weight excluding hydrogens is 245 g/mol. The van der Waals surface area contributed by atoms with Crippen LogP contribution in [0.1, 0.15) is 31.4 Å². The number of anilines is 1. The monoisotopic (exact) mass is 267 g/mol. The summed E-state index contributed by atoms with van der Waals surface area (Å²) in [5, 5.41) is 9.77. The smallest absolute Gasteiger partial charge is 0.131 e. The molecule has 3 nitrogen and oxygen atoms in total. The largest absolute Gasteiger partial charge is 0.389 e. The second-order valence-corrected chi connectivity index (χ2v) is 5.23. The second kappa shape index (κ2) is 6.35. The molecule has 4 heteroatoms. The van der Waals surface area contributed by atoms with Gasteiger partial charge in [0, 0.05) is 38.1 Å². The van der Waals surface area contributed by atoms with Gasteiger partial charge in [0.1, 0.15) is 5.82 Å².